The molecule has 0 spiro atoms. The number of aryl methyl sites for hydroxylation is 1. The summed E-state index contributed by atoms with van der Waals surface area (Å²) < 4.78 is 15.2. The standard InChI is InChI=1S/C15H16N4O3.ClH/c1-11-6-13(18-22-11)8-16-7-12-2-4-14(5-3-12)20-9-15-17-10-21-19-15;/h2-6,10,16H,7-9H2,1H3;1H. The molecule has 8 heteroatoms. The van der Waals surface area contributed by atoms with Crippen molar-refractivity contribution in [1.82, 2.24) is 20.6 Å². The van der Waals surface area contributed by atoms with Crippen LogP contribution in [0.15, 0.2) is 45.8 Å². The molecule has 0 unspecified atom stereocenters. The molecule has 0 saturated heterocycles. The van der Waals surface area contributed by atoms with Crippen LogP contribution in [-0.2, 0) is 19.7 Å². The molecule has 1 N–H and O–H groups in total. The highest BCUT2D eigenvalue weighted by atomic mass is 35.5. The van der Waals surface area contributed by atoms with Crippen molar-refractivity contribution in [3.8, 4) is 5.75 Å². The lowest BCUT2D eigenvalue weighted by Crippen LogP contribution is -2.12. The van der Waals surface area contributed by atoms with E-state index in [0.717, 1.165) is 29.3 Å². The van der Waals surface area contributed by atoms with E-state index < -0.39 is 0 Å². The van der Waals surface area contributed by atoms with Crippen molar-refractivity contribution in [2.45, 2.75) is 26.6 Å². The number of nitrogens with zero attached hydrogens (tertiary/aromatic N) is 3. The lowest BCUT2D eigenvalue weighted by Gasteiger charge is -2.06. The monoisotopic (exact) mass is 336 g/mol. The van der Waals surface area contributed by atoms with Crippen LogP contribution in [0.4, 0.5) is 0 Å². The first-order valence-electron chi connectivity index (χ1n) is 6.89. The Morgan fingerprint density at radius 2 is 1.96 bits per heavy atom. The van der Waals surface area contributed by atoms with Crippen molar-refractivity contribution in [2.24, 2.45) is 0 Å². The van der Waals surface area contributed by atoms with Crippen molar-refractivity contribution in [3.63, 3.8) is 0 Å². The van der Waals surface area contributed by atoms with Gasteiger partial charge in [-0.2, -0.15) is 4.98 Å². The summed E-state index contributed by atoms with van der Waals surface area (Å²) in [5.41, 5.74) is 2.06. The molecular formula is C15H17ClN4O3. The van der Waals surface area contributed by atoms with Gasteiger partial charge in [0.15, 0.2) is 6.61 Å². The molecule has 2 aromatic heterocycles. The minimum Gasteiger partial charge on any atom is -0.485 e. The first kappa shape index (κ1) is 17.0. The van der Waals surface area contributed by atoms with Gasteiger partial charge in [-0.25, -0.2) is 0 Å². The normalized spacial score (nSPS) is 10.3. The molecule has 3 rings (SSSR count). The number of ether oxygens (including phenoxy) is 1. The van der Waals surface area contributed by atoms with Gasteiger partial charge in [0, 0.05) is 19.2 Å². The van der Waals surface area contributed by atoms with Gasteiger partial charge >= 0.3 is 0 Å². The lowest BCUT2D eigenvalue weighted by atomic mass is 10.2. The SMILES string of the molecule is Cc1cc(CNCc2ccc(OCc3ncon3)cc2)no1.Cl. The predicted molar refractivity (Wildman–Crippen MR) is 84.1 cm³/mol. The Kier molecular flexibility index (Phi) is 6.13. The minimum atomic E-state index is 0. The lowest BCUT2D eigenvalue weighted by molar-refractivity contribution is 0.286. The van der Waals surface area contributed by atoms with Gasteiger partial charge in [0.05, 0.1) is 5.69 Å². The Morgan fingerprint density at radius 1 is 1.13 bits per heavy atom. The van der Waals surface area contributed by atoms with E-state index in [4.69, 9.17) is 9.26 Å². The van der Waals surface area contributed by atoms with Gasteiger partial charge in [-0.05, 0) is 24.6 Å². The summed E-state index contributed by atoms with van der Waals surface area (Å²) in [5, 5.41) is 10.9. The summed E-state index contributed by atoms with van der Waals surface area (Å²) in [6, 6.07) is 9.76. The molecule has 0 radical (unpaired) electrons. The smallest absolute Gasteiger partial charge is 0.213 e. The van der Waals surface area contributed by atoms with Crippen LogP contribution >= 0.6 is 12.4 Å². The van der Waals surface area contributed by atoms with Gasteiger partial charge in [-0.1, -0.05) is 22.4 Å². The zero-order chi connectivity index (χ0) is 15.2. The number of benzene rings is 1. The Balaban J connectivity index is 0.00000192. The van der Waals surface area contributed by atoms with Crippen LogP contribution in [0.5, 0.6) is 5.75 Å². The number of rotatable bonds is 7. The van der Waals surface area contributed by atoms with Gasteiger partial charge in [0.1, 0.15) is 11.5 Å². The second kappa shape index (κ2) is 8.30. The fraction of sp³-hybridized carbons (Fsp3) is 0.267. The molecule has 1 aromatic carbocycles. The van der Waals surface area contributed by atoms with E-state index in [1.54, 1.807) is 0 Å². The molecule has 23 heavy (non-hydrogen) atoms. The van der Waals surface area contributed by atoms with Crippen LogP contribution in [0.3, 0.4) is 0 Å². The van der Waals surface area contributed by atoms with E-state index in [1.807, 2.05) is 37.3 Å². The molecule has 0 aliphatic carbocycles. The minimum absolute atomic E-state index is 0. The van der Waals surface area contributed by atoms with Gasteiger partial charge in [-0.15, -0.1) is 12.4 Å². The maximum atomic E-state index is 5.55. The second-order valence-corrected chi connectivity index (χ2v) is 4.81. The van der Waals surface area contributed by atoms with Crippen LogP contribution in [-0.4, -0.2) is 15.3 Å². The third-order valence-corrected chi connectivity index (χ3v) is 3.01. The zero-order valence-electron chi connectivity index (χ0n) is 12.6. The Bertz CT molecular complexity index is 698. The van der Waals surface area contributed by atoms with E-state index in [0.29, 0.717) is 19.0 Å². The zero-order valence-corrected chi connectivity index (χ0v) is 13.4. The summed E-state index contributed by atoms with van der Waals surface area (Å²) in [4.78, 5) is 3.89. The van der Waals surface area contributed by atoms with Gasteiger partial charge in [-0.3, -0.25) is 0 Å². The molecule has 0 amide bonds. The predicted octanol–water partition coefficient (Wildman–Crippen LogP) is 2.66. The number of hydrogen-bond donors (Lipinski definition) is 1. The van der Waals surface area contributed by atoms with Crippen LogP contribution in [0.1, 0.15) is 22.8 Å². The largest absolute Gasteiger partial charge is 0.485 e. The maximum Gasteiger partial charge on any atom is 0.213 e. The molecule has 0 aliphatic rings. The molecule has 0 fully saturated rings. The fourth-order valence-electron chi connectivity index (χ4n) is 1.94. The maximum absolute atomic E-state index is 5.55. The van der Waals surface area contributed by atoms with Crippen molar-refractivity contribution >= 4 is 12.4 Å². The highest BCUT2D eigenvalue weighted by molar-refractivity contribution is 5.85. The fourth-order valence-corrected chi connectivity index (χ4v) is 1.94. The van der Waals surface area contributed by atoms with Crippen LogP contribution < -0.4 is 10.1 Å². The third-order valence-electron chi connectivity index (χ3n) is 3.01. The molecule has 3 aromatic rings. The second-order valence-electron chi connectivity index (χ2n) is 4.81. The van der Waals surface area contributed by atoms with Gasteiger partial charge in [0.2, 0.25) is 12.2 Å². The number of aromatic nitrogens is 3. The third kappa shape index (κ3) is 5.08. The Hall–Kier alpha value is -2.38. The number of nitrogens with one attached hydrogen (secondary N) is 1. The van der Waals surface area contributed by atoms with Gasteiger partial charge in [0.25, 0.3) is 0 Å². The Morgan fingerprint density at radius 3 is 2.61 bits per heavy atom. The molecular weight excluding hydrogens is 320 g/mol. The number of halogens is 1. The van der Waals surface area contributed by atoms with Crippen LogP contribution in [0.2, 0.25) is 0 Å². The van der Waals surface area contributed by atoms with E-state index in [9.17, 15) is 0 Å². The average Bonchev–Trinajstić information content (AvgIpc) is 3.18. The highest BCUT2D eigenvalue weighted by Crippen LogP contribution is 2.13. The molecule has 2 heterocycles. The first-order chi connectivity index (χ1) is 10.8. The van der Waals surface area contributed by atoms with E-state index >= 15 is 0 Å². The average molecular weight is 337 g/mol. The summed E-state index contributed by atoms with van der Waals surface area (Å²) in [5.74, 6) is 2.11. The summed E-state index contributed by atoms with van der Waals surface area (Å²) in [6.07, 6.45) is 1.28. The van der Waals surface area contributed by atoms with Gasteiger partial charge < -0.3 is 19.1 Å². The number of hydrogen-bond acceptors (Lipinski definition) is 7. The molecule has 0 bridgehead atoms. The molecule has 0 saturated carbocycles. The van der Waals surface area contributed by atoms with Crippen molar-refractivity contribution in [2.75, 3.05) is 0 Å². The van der Waals surface area contributed by atoms with Crippen molar-refractivity contribution < 1.29 is 13.8 Å². The highest BCUT2D eigenvalue weighted by Gasteiger charge is 2.02. The van der Waals surface area contributed by atoms with E-state index in [-0.39, 0.29) is 12.4 Å². The summed E-state index contributed by atoms with van der Waals surface area (Å²) >= 11 is 0. The van der Waals surface area contributed by atoms with Crippen molar-refractivity contribution in [3.05, 3.63) is 59.6 Å². The quantitative estimate of drug-likeness (QED) is 0.709. The first-order valence-corrected chi connectivity index (χ1v) is 6.89. The molecule has 0 atom stereocenters. The molecule has 7 nitrogen and oxygen atoms in total. The topological polar surface area (TPSA) is 86.2 Å². The Labute approximate surface area is 139 Å². The summed E-state index contributed by atoms with van der Waals surface area (Å²) in [6.45, 7) is 3.59. The van der Waals surface area contributed by atoms with E-state index in [1.165, 1.54) is 6.39 Å². The molecule has 122 valence electrons. The summed E-state index contributed by atoms with van der Waals surface area (Å²) in [7, 11) is 0. The van der Waals surface area contributed by atoms with E-state index in [2.05, 4.69) is 25.1 Å². The van der Waals surface area contributed by atoms with Crippen LogP contribution in [0.25, 0.3) is 0 Å². The molecule has 0 aliphatic heterocycles. The van der Waals surface area contributed by atoms with Crippen molar-refractivity contribution in [1.29, 1.82) is 0 Å². The van der Waals surface area contributed by atoms with Crippen LogP contribution in [0, 0.1) is 6.92 Å².